The van der Waals surface area contributed by atoms with Gasteiger partial charge in [-0.2, -0.15) is 0 Å². The fourth-order valence-corrected chi connectivity index (χ4v) is 4.61. The number of esters is 1. The van der Waals surface area contributed by atoms with Crippen molar-refractivity contribution in [3.05, 3.63) is 71.3 Å². The van der Waals surface area contributed by atoms with Crippen molar-refractivity contribution < 1.29 is 33.8 Å². The molecule has 0 aliphatic heterocycles. The van der Waals surface area contributed by atoms with Crippen LogP contribution in [0.25, 0.3) is 0 Å². The summed E-state index contributed by atoms with van der Waals surface area (Å²) >= 11 is 0. The molecule has 0 saturated carbocycles. The Labute approximate surface area is 261 Å². The number of rotatable bonds is 10. The van der Waals surface area contributed by atoms with Crippen LogP contribution in [0.2, 0.25) is 0 Å². The zero-order valence-corrected chi connectivity index (χ0v) is 27.7. The molecule has 2 rings (SSSR count). The zero-order valence-electron chi connectivity index (χ0n) is 27.7. The molecule has 3 atom stereocenters. The maximum atomic E-state index is 14.4. The molecule has 3 N–H and O–H groups in total. The van der Waals surface area contributed by atoms with Gasteiger partial charge in [-0.25, -0.2) is 9.59 Å². The number of aryl methyl sites for hydroxylation is 1. The minimum absolute atomic E-state index is 0.158. The van der Waals surface area contributed by atoms with E-state index in [4.69, 9.17) is 9.47 Å². The molecule has 0 radical (unpaired) electrons. The van der Waals surface area contributed by atoms with Crippen LogP contribution < -0.4 is 10.6 Å². The van der Waals surface area contributed by atoms with Gasteiger partial charge in [0.15, 0.2) is 0 Å². The van der Waals surface area contributed by atoms with E-state index in [1.807, 2.05) is 49.4 Å². The number of ether oxygens (including phenoxy) is 2. The number of hydrogen-bond donors (Lipinski definition) is 3. The molecule has 10 nitrogen and oxygen atoms in total. The van der Waals surface area contributed by atoms with Crippen LogP contribution in [-0.2, 0) is 30.3 Å². The van der Waals surface area contributed by atoms with Crippen LogP contribution in [0, 0.1) is 6.92 Å². The van der Waals surface area contributed by atoms with Gasteiger partial charge in [-0.3, -0.25) is 9.59 Å². The smallest absolute Gasteiger partial charge is 0.408 e. The van der Waals surface area contributed by atoms with E-state index in [1.54, 1.807) is 74.4 Å². The SMILES string of the molecule is Cc1ccccc1C(C(=O)NC(Cc1ccccc1)C(=O)OC(C)(C)C)N(C(=O)C(CO)NC(=O)OC(C)(C)C)C(C)(C)C. The topological polar surface area (TPSA) is 134 Å². The first-order chi connectivity index (χ1) is 20.2. The van der Waals surface area contributed by atoms with Crippen LogP contribution in [0.5, 0.6) is 0 Å². The molecule has 0 bridgehead atoms. The minimum Gasteiger partial charge on any atom is -0.458 e. The van der Waals surface area contributed by atoms with E-state index in [2.05, 4.69) is 10.6 Å². The van der Waals surface area contributed by atoms with Gasteiger partial charge in [0, 0.05) is 12.0 Å². The minimum atomic E-state index is -1.41. The maximum absolute atomic E-state index is 14.4. The Hall–Kier alpha value is -3.92. The van der Waals surface area contributed by atoms with Crippen molar-refractivity contribution in [1.82, 2.24) is 15.5 Å². The molecule has 0 fully saturated rings. The number of nitrogens with zero attached hydrogens (tertiary/aromatic N) is 1. The van der Waals surface area contributed by atoms with Crippen LogP contribution in [0.15, 0.2) is 54.6 Å². The summed E-state index contributed by atoms with van der Waals surface area (Å²) in [4.78, 5) is 55.9. The average Bonchev–Trinajstić information content (AvgIpc) is 2.88. The Morgan fingerprint density at radius 3 is 1.82 bits per heavy atom. The molecule has 0 spiro atoms. The lowest BCUT2D eigenvalue weighted by Gasteiger charge is -2.43. The monoisotopic (exact) mass is 611 g/mol. The number of aliphatic hydroxyl groups is 1. The van der Waals surface area contributed by atoms with Crippen molar-refractivity contribution in [2.24, 2.45) is 0 Å². The second-order valence-corrected chi connectivity index (χ2v) is 13.8. The Morgan fingerprint density at radius 2 is 1.32 bits per heavy atom. The van der Waals surface area contributed by atoms with Gasteiger partial charge in [-0.15, -0.1) is 0 Å². The van der Waals surface area contributed by atoms with Crippen molar-refractivity contribution in [3.8, 4) is 0 Å². The van der Waals surface area contributed by atoms with Crippen molar-refractivity contribution in [3.63, 3.8) is 0 Å². The van der Waals surface area contributed by atoms with E-state index in [-0.39, 0.29) is 6.42 Å². The standard InChI is InChI=1S/C34H49N3O7/c1-22-16-14-15-19-24(22)27(37(32(2,3)4)29(40)26(21-38)36-31(42)44-34(8,9)10)28(39)35-25(30(41)43-33(5,6)7)20-23-17-12-11-13-18-23/h11-19,25-27,38H,20-21H2,1-10H3,(H,35,39)(H,36,42). The molecular weight excluding hydrogens is 562 g/mol. The van der Waals surface area contributed by atoms with E-state index >= 15 is 0 Å². The number of aliphatic hydroxyl groups excluding tert-OH is 1. The number of hydrogen-bond acceptors (Lipinski definition) is 7. The number of carbonyl (C=O) groups is 4. The predicted molar refractivity (Wildman–Crippen MR) is 169 cm³/mol. The molecule has 0 aromatic heterocycles. The summed E-state index contributed by atoms with van der Waals surface area (Å²) in [7, 11) is 0. The number of nitrogens with one attached hydrogen (secondary N) is 2. The van der Waals surface area contributed by atoms with Gasteiger partial charge in [0.05, 0.1) is 6.61 Å². The van der Waals surface area contributed by atoms with Gasteiger partial charge < -0.3 is 30.1 Å². The molecule has 242 valence electrons. The second-order valence-electron chi connectivity index (χ2n) is 13.8. The first-order valence-electron chi connectivity index (χ1n) is 14.8. The molecule has 2 aromatic carbocycles. The molecule has 0 aliphatic rings. The molecule has 3 amide bonds. The van der Waals surface area contributed by atoms with Crippen molar-refractivity contribution >= 4 is 23.9 Å². The van der Waals surface area contributed by atoms with E-state index < -0.39 is 65.4 Å². The Morgan fingerprint density at radius 1 is 0.773 bits per heavy atom. The third-order valence-electron chi connectivity index (χ3n) is 6.41. The number of benzene rings is 2. The zero-order chi connectivity index (χ0) is 33.5. The number of amides is 3. The summed E-state index contributed by atoms with van der Waals surface area (Å²) < 4.78 is 11.0. The predicted octanol–water partition coefficient (Wildman–Crippen LogP) is 4.62. The molecule has 2 aromatic rings. The Kier molecular flexibility index (Phi) is 12.1. The molecule has 0 saturated heterocycles. The van der Waals surface area contributed by atoms with Crippen LogP contribution in [-0.4, -0.2) is 69.3 Å². The first-order valence-corrected chi connectivity index (χ1v) is 14.8. The quantitative estimate of drug-likeness (QED) is 0.334. The lowest BCUT2D eigenvalue weighted by molar-refractivity contribution is -0.159. The second kappa shape index (κ2) is 14.7. The summed E-state index contributed by atoms with van der Waals surface area (Å²) in [6, 6.07) is 12.6. The highest BCUT2D eigenvalue weighted by molar-refractivity contribution is 5.94. The van der Waals surface area contributed by atoms with Crippen LogP contribution in [0.4, 0.5) is 4.79 Å². The molecule has 0 heterocycles. The summed E-state index contributed by atoms with van der Waals surface area (Å²) in [5, 5.41) is 15.5. The highest BCUT2D eigenvalue weighted by Crippen LogP contribution is 2.32. The highest BCUT2D eigenvalue weighted by atomic mass is 16.6. The Bertz CT molecular complexity index is 1290. The van der Waals surface area contributed by atoms with Gasteiger partial charge in [0.2, 0.25) is 11.8 Å². The third-order valence-corrected chi connectivity index (χ3v) is 6.41. The highest BCUT2D eigenvalue weighted by Gasteiger charge is 2.43. The summed E-state index contributed by atoms with van der Waals surface area (Å²) in [5.74, 6) is -1.94. The fourth-order valence-electron chi connectivity index (χ4n) is 4.61. The fraction of sp³-hybridized carbons (Fsp3) is 0.529. The number of alkyl carbamates (subject to hydrolysis) is 1. The van der Waals surface area contributed by atoms with E-state index in [1.165, 1.54) is 4.90 Å². The van der Waals surface area contributed by atoms with Crippen LogP contribution in [0.3, 0.4) is 0 Å². The van der Waals surface area contributed by atoms with Gasteiger partial charge in [-0.05, 0) is 85.9 Å². The largest absolute Gasteiger partial charge is 0.458 e. The maximum Gasteiger partial charge on any atom is 0.408 e. The number of carbonyl (C=O) groups excluding carboxylic acids is 4. The van der Waals surface area contributed by atoms with E-state index in [9.17, 15) is 24.3 Å². The van der Waals surface area contributed by atoms with Gasteiger partial charge >= 0.3 is 12.1 Å². The Balaban J connectivity index is 2.61. The van der Waals surface area contributed by atoms with Crippen LogP contribution in [0.1, 0.15) is 85.0 Å². The normalized spacial score (nSPS) is 14.1. The lowest BCUT2D eigenvalue weighted by atomic mass is 9.92. The molecule has 3 unspecified atom stereocenters. The summed E-state index contributed by atoms with van der Waals surface area (Å²) in [6.07, 6.45) is -0.728. The lowest BCUT2D eigenvalue weighted by Crippen LogP contribution is -2.60. The molecule has 44 heavy (non-hydrogen) atoms. The van der Waals surface area contributed by atoms with Crippen molar-refractivity contribution in [2.45, 2.75) is 111 Å². The van der Waals surface area contributed by atoms with E-state index in [0.717, 1.165) is 11.1 Å². The summed E-state index contributed by atoms with van der Waals surface area (Å²) in [5.41, 5.74) is -0.568. The molecular formula is C34H49N3O7. The van der Waals surface area contributed by atoms with Gasteiger partial charge in [-0.1, -0.05) is 54.6 Å². The van der Waals surface area contributed by atoms with Gasteiger partial charge in [0.25, 0.3) is 0 Å². The molecule has 0 aliphatic carbocycles. The molecule has 10 heteroatoms. The first kappa shape index (κ1) is 36.3. The van der Waals surface area contributed by atoms with Gasteiger partial charge in [0.1, 0.15) is 29.3 Å². The average molecular weight is 612 g/mol. The van der Waals surface area contributed by atoms with E-state index in [0.29, 0.717) is 5.56 Å². The van der Waals surface area contributed by atoms with Crippen molar-refractivity contribution in [1.29, 1.82) is 0 Å². The summed E-state index contributed by atoms with van der Waals surface area (Å²) in [6.45, 7) is 16.6. The third kappa shape index (κ3) is 11.0. The van der Waals surface area contributed by atoms with Crippen LogP contribution >= 0.6 is 0 Å². The van der Waals surface area contributed by atoms with Crippen molar-refractivity contribution in [2.75, 3.05) is 6.61 Å².